The van der Waals surface area contributed by atoms with Crippen molar-refractivity contribution in [1.82, 2.24) is 4.90 Å². The maximum atomic E-state index is 12.6. The molecule has 0 spiro atoms. The quantitative estimate of drug-likeness (QED) is 0.641. The van der Waals surface area contributed by atoms with E-state index in [0.29, 0.717) is 13.1 Å². The van der Waals surface area contributed by atoms with Gasteiger partial charge in [0.15, 0.2) is 0 Å². The van der Waals surface area contributed by atoms with Crippen molar-refractivity contribution in [2.24, 2.45) is 22.3 Å². The standard InChI is InChI=1S/C20H23N3O2S/c21-22-18-7-6-16(15-8-9-26-12-15)20(19(24)25)13-23(11-17(18)20)10-14-4-2-1-3-5-14/h1-5,8-9,12,16-17H,6-7,10-11,13,21H2,(H,24,25)/b22-18-. The van der Waals surface area contributed by atoms with Gasteiger partial charge in [0.2, 0.25) is 0 Å². The minimum Gasteiger partial charge on any atom is -0.481 e. The second-order valence-corrected chi connectivity index (χ2v) is 8.10. The number of nitrogens with two attached hydrogens (primary N) is 1. The van der Waals surface area contributed by atoms with Gasteiger partial charge < -0.3 is 10.9 Å². The summed E-state index contributed by atoms with van der Waals surface area (Å²) in [7, 11) is 0. The lowest BCUT2D eigenvalue weighted by atomic mass is 9.59. The van der Waals surface area contributed by atoms with Gasteiger partial charge >= 0.3 is 5.97 Å². The minimum atomic E-state index is -0.855. The van der Waals surface area contributed by atoms with Crippen molar-refractivity contribution in [3.8, 4) is 0 Å². The zero-order chi connectivity index (χ0) is 18.1. The van der Waals surface area contributed by atoms with E-state index < -0.39 is 11.4 Å². The van der Waals surface area contributed by atoms with Crippen LogP contribution >= 0.6 is 11.3 Å². The summed E-state index contributed by atoms with van der Waals surface area (Å²) < 4.78 is 0. The predicted octanol–water partition coefficient (Wildman–Crippen LogP) is 3.14. The first-order chi connectivity index (χ1) is 12.6. The van der Waals surface area contributed by atoms with E-state index in [0.717, 1.165) is 30.7 Å². The first kappa shape index (κ1) is 17.2. The van der Waals surface area contributed by atoms with Gasteiger partial charge in [0.05, 0.1) is 5.41 Å². The molecule has 2 aliphatic rings. The topological polar surface area (TPSA) is 78.9 Å². The Kier molecular flexibility index (Phi) is 4.54. The summed E-state index contributed by atoms with van der Waals surface area (Å²) in [6.07, 6.45) is 1.56. The molecule has 3 atom stereocenters. The lowest BCUT2D eigenvalue weighted by molar-refractivity contribution is -0.151. The second-order valence-electron chi connectivity index (χ2n) is 7.32. The Morgan fingerprint density at radius 2 is 2.12 bits per heavy atom. The Bertz CT molecular complexity index is 806. The third-order valence-electron chi connectivity index (χ3n) is 6.02. The van der Waals surface area contributed by atoms with Crippen molar-refractivity contribution in [2.75, 3.05) is 13.1 Å². The highest BCUT2D eigenvalue weighted by molar-refractivity contribution is 7.08. The molecule has 1 aliphatic carbocycles. The predicted molar refractivity (Wildman–Crippen MR) is 103 cm³/mol. The lowest BCUT2D eigenvalue weighted by Gasteiger charge is -2.42. The molecule has 0 radical (unpaired) electrons. The van der Waals surface area contributed by atoms with Crippen LogP contribution in [0, 0.1) is 11.3 Å². The molecule has 26 heavy (non-hydrogen) atoms. The number of hydrogen-bond acceptors (Lipinski definition) is 5. The average Bonchev–Trinajstić information content (AvgIpc) is 3.30. The van der Waals surface area contributed by atoms with E-state index in [1.165, 1.54) is 5.56 Å². The molecular formula is C20H23N3O2S. The van der Waals surface area contributed by atoms with Crippen LogP contribution in [0.25, 0.3) is 0 Å². The van der Waals surface area contributed by atoms with Crippen molar-refractivity contribution in [2.45, 2.75) is 25.3 Å². The number of hydrazone groups is 1. The summed E-state index contributed by atoms with van der Waals surface area (Å²) in [5, 5.41) is 18.5. The van der Waals surface area contributed by atoms with Crippen LogP contribution < -0.4 is 5.84 Å². The number of nitrogens with zero attached hydrogens (tertiary/aromatic N) is 2. The van der Waals surface area contributed by atoms with Crippen LogP contribution in [0.15, 0.2) is 52.3 Å². The van der Waals surface area contributed by atoms with Gasteiger partial charge in [-0.05, 0) is 40.8 Å². The fraction of sp³-hybridized carbons (Fsp3) is 0.400. The third-order valence-corrected chi connectivity index (χ3v) is 6.72. The van der Waals surface area contributed by atoms with E-state index in [1.54, 1.807) is 11.3 Å². The first-order valence-electron chi connectivity index (χ1n) is 8.93. The number of aliphatic carboxylic acids is 1. The molecule has 2 fully saturated rings. The van der Waals surface area contributed by atoms with E-state index in [1.807, 2.05) is 23.6 Å². The number of fused-ring (bicyclic) bond motifs is 1. The molecule has 3 unspecified atom stereocenters. The smallest absolute Gasteiger partial charge is 0.312 e. The van der Waals surface area contributed by atoms with Crippen LogP contribution in [-0.2, 0) is 11.3 Å². The molecule has 4 rings (SSSR count). The Balaban J connectivity index is 1.71. The number of hydrogen-bond donors (Lipinski definition) is 2. The number of rotatable bonds is 4. The fourth-order valence-corrected chi connectivity index (χ4v) is 5.58. The molecular weight excluding hydrogens is 346 g/mol. The summed E-state index contributed by atoms with van der Waals surface area (Å²) in [6, 6.07) is 12.3. The Morgan fingerprint density at radius 3 is 2.77 bits per heavy atom. The van der Waals surface area contributed by atoms with Gasteiger partial charge in [-0.2, -0.15) is 16.4 Å². The maximum absolute atomic E-state index is 12.6. The molecule has 1 aromatic heterocycles. The summed E-state index contributed by atoms with van der Waals surface area (Å²) in [5.74, 6) is 4.80. The number of carboxylic acid groups (broad SMARTS) is 1. The van der Waals surface area contributed by atoms with Crippen molar-refractivity contribution in [3.05, 3.63) is 58.3 Å². The highest BCUT2D eigenvalue weighted by atomic mass is 32.1. The monoisotopic (exact) mass is 369 g/mol. The third kappa shape index (κ3) is 2.73. The molecule has 1 aromatic carbocycles. The minimum absolute atomic E-state index is 0.00234. The molecule has 6 heteroatoms. The Hall–Kier alpha value is -2.18. The van der Waals surface area contributed by atoms with Crippen LogP contribution in [0.1, 0.15) is 29.9 Å². The van der Waals surface area contributed by atoms with Crippen LogP contribution in [0.2, 0.25) is 0 Å². The fourth-order valence-electron chi connectivity index (χ4n) is 4.87. The molecule has 1 saturated heterocycles. The van der Waals surface area contributed by atoms with Crippen LogP contribution in [0.3, 0.4) is 0 Å². The van der Waals surface area contributed by atoms with Crippen LogP contribution in [0.5, 0.6) is 0 Å². The van der Waals surface area contributed by atoms with E-state index in [9.17, 15) is 9.90 Å². The van der Waals surface area contributed by atoms with Gasteiger partial charge in [0.25, 0.3) is 0 Å². The van der Waals surface area contributed by atoms with E-state index >= 15 is 0 Å². The Labute approximate surface area is 157 Å². The second kappa shape index (κ2) is 6.85. The zero-order valence-corrected chi connectivity index (χ0v) is 15.4. The van der Waals surface area contributed by atoms with Crippen molar-refractivity contribution >= 4 is 23.0 Å². The largest absolute Gasteiger partial charge is 0.481 e. The van der Waals surface area contributed by atoms with Gasteiger partial charge in [-0.25, -0.2) is 0 Å². The highest BCUT2D eigenvalue weighted by Crippen LogP contribution is 2.54. The molecule has 5 nitrogen and oxygen atoms in total. The van der Waals surface area contributed by atoms with Gasteiger partial charge in [0.1, 0.15) is 0 Å². The van der Waals surface area contributed by atoms with Gasteiger partial charge in [-0.3, -0.25) is 9.69 Å². The van der Waals surface area contributed by atoms with Gasteiger partial charge in [-0.15, -0.1) is 0 Å². The number of thiophene rings is 1. The molecule has 0 amide bonds. The molecule has 1 saturated carbocycles. The van der Waals surface area contributed by atoms with Crippen molar-refractivity contribution in [1.29, 1.82) is 0 Å². The summed E-state index contributed by atoms with van der Waals surface area (Å²) in [5.41, 5.74) is 2.34. The van der Waals surface area contributed by atoms with E-state index in [-0.39, 0.29) is 11.8 Å². The highest BCUT2D eigenvalue weighted by Gasteiger charge is 2.60. The average molecular weight is 369 g/mol. The first-order valence-corrected chi connectivity index (χ1v) is 9.88. The van der Waals surface area contributed by atoms with Crippen LogP contribution in [-0.4, -0.2) is 34.8 Å². The summed E-state index contributed by atoms with van der Waals surface area (Å²) in [4.78, 5) is 14.9. The molecule has 2 aromatic rings. The summed E-state index contributed by atoms with van der Waals surface area (Å²) >= 11 is 1.63. The maximum Gasteiger partial charge on any atom is 0.312 e. The number of carbonyl (C=O) groups is 1. The van der Waals surface area contributed by atoms with E-state index in [4.69, 9.17) is 5.84 Å². The normalized spacial score (nSPS) is 30.4. The van der Waals surface area contributed by atoms with Crippen LogP contribution in [0.4, 0.5) is 0 Å². The lowest BCUT2D eigenvalue weighted by Crippen LogP contribution is -2.50. The molecule has 2 heterocycles. The number of benzene rings is 1. The molecule has 3 N–H and O–H groups in total. The number of likely N-dealkylation sites (tertiary alicyclic amines) is 1. The van der Waals surface area contributed by atoms with Gasteiger partial charge in [-0.1, -0.05) is 30.3 Å². The SMILES string of the molecule is N/N=C1/CCC(c2ccsc2)C2(C(=O)O)CN(Cc3ccccc3)CC12. The van der Waals surface area contributed by atoms with E-state index in [2.05, 4.69) is 33.6 Å². The Morgan fingerprint density at radius 1 is 1.31 bits per heavy atom. The van der Waals surface area contributed by atoms with Crippen molar-refractivity contribution in [3.63, 3.8) is 0 Å². The zero-order valence-electron chi connectivity index (χ0n) is 14.5. The van der Waals surface area contributed by atoms with Gasteiger partial charge in [0, 0.05) is 37.2 Å². The van der Waals surface area contributed by atoms with Crippen molar-refractivity contribution < 1.29 is 9.90 Å². The molecule has 136 valence electrons. The molecule has 1 aliphatic heterocycles. The summed E-state index contributed by atoms with van der Waals surface area (Å²) in [6.45, 7) is 1.97. The number of carboxylic acids is 1. The molecule has 0 bridgehead atoms.